The van der Waals surface area contributed by atoms with Crippen molar-refractivity contribution < 1.29 is 8.42 Å². The molecule has 0 spiro atoms. The van der Waals surface area contributed by atoms with Gasteiger partial charge in [0.05, 0.1) is 17.1 Å². The van der Waals surface area contributed by atoms with Crippen molar-refractivity contribution in [3.63, 3.8) is 0 Å². The molecule has 0 aromatic heterocycles. The van der Waals surface area contributed by atoms with Gasteiger partial charge in [-0.3, -0.25) is 4.31 Å². The molecule has 0 saturated carbocycles. The molecule has 132 valence electrons. The second-order valence-corrected chi connectivity index (χ2v) is 8.73. The van der Waals surface area contributed by atoms with E-state index in [1.165, 1.54) is 4.31 Å². The second kappa shape index (κ2) is 8.41. The molecule has 2 aromatic rings. The number of thioether (sulfide) groups is 1. The molecule has 0 N–H and O–H groups in total. The summed E-state index contributed by atoms with van der Waals surface area (Å²) >= 11 is 1.58. The van der Waals surface area contributed by atoms with E-state index in [4.69, 9.17) is 0 Å². The fourth-order valence-electron chi connectivity index (χ4n) is 2.27. The van der Waals surface area contributed by atoms with Gasteiger partial charge in [0.2, 0.25) is 0 Å². The highest BCUT2D eigenvalue weighted by Crippen LogP contribution is 2.34. The van der Waals surface area contributed by atoms with Crippen LogP contribution in [0.5, 0.6) is 0 Å². The van der Waals surface area contributed by atoms with E-state index in [0.29, 0.717) is 5.69 Å². The van der Waals surface area contributed by atoms with Gasteiger partial charge in [0, 0.05) is 10.6 Å². The summed E-state index contributed by atoms with van der Waals surface area (Å²) in [4.78, 5) is 1.18. The van der Waals surface area contributed by atoms with Gasteiger partial charge in [0.15, 0.2) is 0 Å². The van der Waals surface area contributed by atoms with Crippen LogP contribution in [0.3, 0.4) is 0 Å². The van der Waals surface area contributed by atoms with Crippen molar-refractivity contribution in [2.75, 3.05) is 16.6 Å². The van der Waals surface area contributed by atoms with Gasteiger partial charge in [-0.1, -0.05) is 48.1 Å². The first-order valence-corrected chi connectivity index (χ1v) is 10.4. The lowest BCUT2D eigenvalue weighted by atomic mass is 10.2. The molecule has 0 bridgehead atoms. The molecule has 0 fully saturated rings. The van der Waals surface area contributed by atoms with E-state index in [1.54, 1.807) is 42.1 Å². The Kier molecular flexibility index (Phi) is 6.51. The predicted molar refractivity (Wildman–Crippen MR) is 108 cm³/mol. The quantitative estimate of drug-likeness (QED) is 0.480. The van der Waals surface area contributed by atoms with Crippen LogP contribution in [0.15, 0.2) is 83.1 Å². The zero-order chi connectivity index (χ0) is 18.4. The van der Waals surface area contributed by atoms with Crippen LogP contribution in [0.4, 0.5) is 5.69 Å². The highest BCUT2D eigenvalue weighted by molar-refractivity contribution is 7.99. The highest BCUT2D eigenvalue weighted by Gasteiger charge is 2.25. The summed E-state index contributed by atoms with van der Waals surface area (Å²) in [6.45, 7) is 11.7. The smallest absolute Gasteiger partial charge is 0.261 e. The molecule has 0 saturated heterocycles. The van der Waals surface area contributed by atoms with Gasteiger partial charge >= 0.3 is 0 Å². The van der Waals surface area contributed by atoms with Crippen molar-refractivity contribution in [1.82, 2.24) is 0 Å². The van der Waals surface area contributed by atoms with Crippen LogP contribution in [-0.2, 0) is 10.0 Å². The molecule has 0 unspecified atom stereocenters. The number of benzene rings is 2. The minimum Gasteiger partial charge on any atom is -0.261 e. The number of para-hydroxylation sites is 1. The second-order valence-electron chi connectivity index (χ2n) is 5.85. The van der Waals surface area contributed by atoms with E-state index in [1.807, 2.05) is 38.1 Å². The van der Waals surface area contributed by atoms with E-state index in [9.17, 15) is 8.42 Å². The monoisotopic (exact) mass is 373 g/mol. The molecule has 2 rings (SSSR count). The topological polar surface area (TPSA) is 37.4 Å². The van der Waals surface area contributed by atoms with Gasteiger partial charge in [-0.05, 0) is 38.1 Å². The third-order valence-corrected chi connectivity index (χ3v) is 6.60. The number of hydrogen-bond donors (Lipinski definition) is 0. The third kappa shape index (κ3) is 4.77. The molecule has 25 heavy (non-hydrogen) atoms. The van der Waals surface area contributed by atoms with E-state index >= 15 is 0 Å². The molecule has 3 nitrogen and oxygen atoms in total. The average molecular weight is 374 g/mol. The third-order valence-electron chi connectivity index (χ3n) is 3.51. The number of aryl methyl sites for hydroxylation is 1. The molecule has 0 aliphatic heterocycles. The van der Waals surface area contributed by atoms with Crippen molar-refractivity contribution in [2.24, 2.45) is 0 Å². The maximum absolute atomic E-state index is 13.2. The zero-order valence-corrected chi connectivity index (χ0v) is 16.2. The van der Waals surface area contributed by atoms with Crippen molar-refractivity contribution in [3.8, 4) is 0 Å². The first-order chi connectivity index (χ1) is 11.9. The van der Waals surface area contributed by atoms with Crippen LogP contribution >= 0.6 is 11.8 Å². The van der Waals surface area contributed by atoms with E-state index in [0.717, 1.165) is 21.8 Å². The Morgan fingerprint density at radius 1 is 1.16 bits per heavy atom. The lowest BCUT2D eigenvalue weighted by Gasteiger charge is -2.25. The van der Waals surface area contributed by atoms with Crippen molar-refractivity contribution in [3.05, 3.63) is 78.9 Å². The van der Waals surface area contributed by atoms with Crippen LogP contribution in [-0.4, -0.2) is 20.7 Å². The molecule has 2 aromatic carbocycles. The van der Waals surface area contributed by atoms with E-state index in [-0.39, 0.29) is 11.4 Å². The molecule has 5 heteroatoms. The summed E-state index contributed by atoms with van der Waals surface area (Å²) in [6, 6.07) is 14.4. The van der Waals surface area contributed by atoms with Gasteiger partial charge in [-0.25, -0.2) is 8.42 Å². The molecular formula is C20H23NO2S2. The fourth-order valence-corrected chi connectivity index (χ4v) is 4.68. The summed E-state index contributed by atoms with van der Waals surface area (Å²) in [7, 11) is -3.67. The Labute approximate surface area is 155 Å². The summed E-state index contributed by atoms with van der Waals surface area (Å²) < 4.78 is 27.8. The average Bonchev–Trinajstić information content (AvgIpc) is 2.58. The van der Waals surface area contributed by atoms with Crippen LogP contribution < -0.4 is 4.31 Å². The first kappa shape index (κ1) is 19.3. The molecule has 0 atom stereocenters. The maximum atomic E-state index is 13.2. The highest BCUT2D eigenvalue weighted by atomic mass is 32.2. The maximum Gasteiger partial charge on any atom is 0.264 e. The minimum atomic E-state index is -3.67. The molecular weight excluding hydrogens is 350 g/mol. The SMILES string of the molecule is C=CCN(c1ccccc1SCC(=C)C)S(=O)(=O)c1ccc(C)cc1. The number of sulfonamides is 1. The predicted octanol–water partition coefficient (Wildman–Crippen LogP) is 5.04. The Balaban J connectivity index is 2.49. The summed E-state index contributed by atoms with van der Waals surface area (Å²) in [6.07, 6.45) is 1.60. The lowest BCUT2D eigenvalue weighted by Crippen LogP contribution is -2.31. The zero-order valence-electron chi connectivity index (χ0n) is 14.6. The van der Waals surface area contributed by atoms with Gasteiger partial charge < -0.3 is 0 Å². The first-order valence-electron chi connectivity index (χ1n) is 7.92. The van der Waals surface area contributed by atoms with Crippen LogP contribution in [0.25, 0.3) is 0 Å². The molecule has 0 aliphatic carbocycles. The Hall–Kier alpha value is -1.98. The minimum absolute atomic E-state index is 0.209. The molecule has 0 heterocycles. The summed E-state index contributed by atoms with van der Waals surface area (Å²) in [5, 5.41) is 0. The molecule has 0 aliphatic rings. The van der Waals surface area contributed by atoms with Gasteiger partial charge in [-0.2, -0.15) is 0 Å². The van der Waals surface area contributed by atoms with Crippen molar-refractivity contribution in [2.45, 2.75) is 23.6 Å². The van der Waals surface area contributed by atoms with Crippen LogP contribution in [0, 0.1) is 6.92 Å². The number of nitrogens with zero attached hydrogens (tertiary/aromatic N) is 1. The van der Waals surface area contributed by atoms with Crippen LogP contribution in [0.2, 0.25) is 0 Å². The number of hydrogen-bond acceptors (Lipinski definition) is 3. The van der Waals surface area contributed by atoms with Crippen LogP contribution in [0.1, 0.15) is 12.5 Å². The Morgan fingerprint density at radius 2 is 1.80 bits per heavy atom. The molecule has 0 radical (unpaired) electrons. The molecule has 0 amide bonds. The van der Waals surface area contributed by atoms with Crippen molar-refractivity contribution in [1.29, 1.82) is 0 Å². The van der Waals surface area contributed by atoms with E-state index < -0.39 is 10.0 Å². The standard InChI is InChI=1S/C20H23NO2S2/c1-5-14-21(25(22,23)18-12-10-17(4)11-13-18)19-8-6-7-9-20(19)24-15-16(2)3/h5-13H,1-2,14-15H2,3-4H3. The van der Waals surface area contributed by atoms with E-state index in [2.05, 4.69) is 13.2 Å². The van der Waals surface area contributed by atoms with Gasteiger partial charge in [0.1, 0.15) is 0 Å². The summed E-state index contributed by atoms with van der Waals surface area (Å²) in [5.41, 5.74) is 2.72. The van der Waals surface area contributed by atoms with Gasteiger partial charge in [-0.15, -0.1) is 18.3 Å². The number of rotatable bonds is 8. The summed E-state index contributed by atoms with van der Waals surface area (Å²) in [5.74, 6) is 0.740. The lowest BCUT2D eigenvalue weighted by molar-refractivity contribution is 0.592. The Bertz CT molecular complexity index is 856. The van der Waals surface area contributed by atoms with Gasteiger partial charge in [0.25, 0.3) is 10.0 Å². The normalized spacial score (nSPS) is 11.1. The largest absolute Gasteiger partial charge is 0.264 e. The Morgan fingerprint density at radius 3 is 2.40 bits per heavy atom. The van der Waals surface area contributed by atoms with Crippen molar-refractivity contribution >= 4 is 27.5 Å². The number of anilines is 1. The fraction of sp³-hybridized carbons (Fsp3) is 0.200.